The molecule has 3 amide bonds. The molecule has 3 rings (SSSR count). The number of aromatic nitrogens is 1. The van der Waals surface area contributed by atoms with E-state index in [9.17, 15) is 9.59 Å². The number of fused-ring (bicyclic) bond motifs is 1. The number of hydrogen-bond donors (Lipinski definition) is 1. The molecule has 24 heavy (non-hydrogen) atoms. The van der Waals surface area contributed by atoms with Crippen LogP contribution < -0.4 is 10.2 Å². The van der Waals surface area contributed by atoms with Gasteiger partial charge in [-0.05, 0) is 41.8 Å². The van der Waals surface area contributed by atoms with E-state index in [1.165, 1.54) is 6.07 Å². The standard InChI is InChI=1S/C17H13Cl2N3O2/c1-21-7-6-11-2-4-13(9-16(11)21)22(10-23)17(24)20-12-3-5-14(18)15(19)8-12/h2-10H,1H3,(H,20,24). The first-order chi connectivity index (χ1) is 11.5. The van der Waals surface area contributed by atoms with Crippen molar-refractivity contribution < 1.29 is 9.59 Å². The molecule has 7 heteroatoms. The lowest BCUT2D eigenvalue weighted by atomic mass is 10.2. The quantitative estimate of drug-likeness (QED) is 0.688. The summed E-state index contributed by atoms with van der Waals surface area (Å²) in [6.45, 7) is 0. The molecule has 0 atom stereocenters. The number of nitrogens with zero attached hydrogens (tertiary/aromatic N) is 2. The zero-order valence-corrected chi connectivity index (χ0v) is 14.2. The summed E-state index contributed by atoms with van der Waals surface area (Å²) in [4.78, 5) is 24.8. The third kappa shape index (κ3) is 3.09. The second-order valence-electron chi connectivity index (χ2n) is 5.20. The van der Waals surface area contributed by atoms with E-state index >= 15 is 0 Å². The van der Waals surface area contributed by atoms with Crippen LogP contribution in [0.15, 0.2) is 48.7 Å². The molecule has 0 aliphatic heterocycles. The van der Waals surface area contributed by atoms with E-state index in [1.54, 1.807) is 24.3 Å². The Balaban J connectivity index is 1.88. The number of nitrogens with one attached hydrogen (secondary N) is 1. The van der Waals surface area contributed by atoms with E-state index in [2.05, 4.69) is 5.32 Å². The Morgan fingerprint density at radius 2 is 1.92 bits per heavy atom. The molecule has 0 radical (unpaired) electrons. The van der Waals surface area contributed by atoms with Crippen LogP contribution in [0.4, 0.5) is 16.2 Å². The summed E-state index contributed by atoms with van der Waals surface area (Å²) in [5, 5.41) is 4.35. The average molecular weight is 362 g/mol. The molecule has 2 aromatic carbocycles. The van der Waals surface area contributed by atoms with Gasteiger partial charge in [0.05, 0.1) is 15.7 Å². The maximum absolute atomic E-state index is 12.4. The Kier molecular flexibility index (Phi) is 4.46. The van der Waals surface area contributed by atoms with Crippen LogP contribution in [-0.4, -0.2) is 17.0 Å². The van der Waals surface area contributed by atoms with Gasteiger partial charge in [0.2, 0.25) is 6.41 Å². The fraction of sp³-hybridized carbons (Fsp3) is 0.0588. The molecular weight excluding hydrogens is 349 g/mol. The summed E-state index contributed by atoms with van der Waals surface area (Å²) in [6.07, 6.45) is 2.38. The summed E-state index contributed by atoms with van der Waals surface area (Å²) in [7, 11) is 1.90. The Morgan fingerprint density at radius 1 is 1.12 bits per heavy atom. The number of carbonyl (C=O) groups excluding carboxylic acids is 2. The number of amides is 3. The molecule has 0 aliphatic rings. The van der Waals surface area contributed by atoms with Crippen molar-refractivity contribution >= 4 is 57.9 Å². The lowest BCUT2D eigenvalue weighted by Crippen LogP contribution is -2.33. The van der Waals surface area contributed by atoms with Gasteiger partial charge >= 0.3 is 6.03 Å². The summed E-state index contributed by atoms with van der Waals surface area (Å²) >= 11 is 11.8. The minimum absolute atomic E-state index is 0.317. The SMILES string of the molecule is Cn1ccc2ccc(N(C=O)C(=O)Nc3ccc(Cl)c(Cl)c3)cc21. The number of imide groups is 1. The minimum atomic E-state index is -0.586. The molecule has 1 heterocycles. The maximum Gasteiger partial charge on any atom is 0.332 e. The number of halogens is 2. The largest absolute Gasteiger partial charge is 0.350 e. The van der Waals surface area contributed by atoms with Crippen LogP contribution in [0.1, 0.15) is 0 Å². The molecule has 0 bridgehead atoms. The van der Waals surface area contributed by atoms with Gasteiger partial charge in [0.1, 0.15) is 0 Å². The molecular formula is C17H13Cl2N3O2. The first kappa shape index (κ1) is 16.4. The van der Waals surface area contributed by atoms with Gasteiger partial charge in [-0.3, -0.25) is 4.79 Å². The van der Waals surface area contributed by atoms with Gasteiger partial charge in [0.15, 0.2) is 0 Å². The summed E-state index contributed by atoms with van der Waals surface area (Å²) in [6, 6.07) is 11.4. The molecule has 1 aromatic heterocycles. The molecule has 0 saturated carbocycles. The van der Waals surface area contributed by atoms with Crippen molar-refractivity contribution in [1.29, 1.82) is 0 Å². The Labute approximate surface area is 148 Å². The highest BCUT2D eigenvalue weighted by Gasteiger charge is 2.16. The number of urea groups is 1. The maximum atomic E-state index is 12.4. The highest BCUT2D eigenvalue weighted by Crippen LogP contribution is 2.26. The van der Waals surface area contributed by atoms with E-state index in [0.717, 1.165) is 15.8 Å². The monoisotopic (exact) mass is 361 g/mol. The van der Waals surface area contributed by atoms with E-state index in [4.69, 9.17) is 23.2 Å². The zero-order chi connectivity index (χ0) is 17.3. The first-order valence-electron chi connectivity index (χ1n) is 7.05. The van der Waals surface area contributed by atoms with Crippen LogP contribution >= 0.6 is 23.2 Å². The van der Waals surface area contributed by atoms with Crippen molar-refractivity contribution in [2.75, 3.05) is 10.2 Å². The van der Waals surface area contributed by atoms with Crippen molar-refractivity contribution in [3.05, 3.63) is 58.7 Å². The summed E-state index contributed by atoms with van der Waals surface area (Å²) < 4.78 is 1.92. The van der Waals surface area contributed by atoms with Crippen LogP contribution in [0.3, 0.4) is 0 Å². The Bertz CT molecular complexity index is 937. The second kappa shape index (κ2) is 6.55. The van der Waals surface area contributed by atoms with Gasteiger partial charge in [-0.25, -0.2) is 9.69 Å². The second-order valence-corrected chi connectivity index (χ2v) is 6.02. The van der Waals surface area contributed by atoms with Crippen molar-refractivity contribution in [2.24, 2.45) is 7.05 Å². The molecule has 0 fully saturated rings. The molecule has 3 aromatic rings. The van der Waals surface area contributed by atoms with Crippen molar-refractivity contribution in [1.82, 2.24) is 4.57 Å². The number of carbonyl (C=O) groups is 2. The van der Waals surface area contributed by atoms with E-state index in [1.807, 2.05) is 29.9 Å². The summed E-state index contributed by atoms with van der Waals surface area (Å²) in [5.74, 6) is 0. The predicted molar refractivity (Wildman–Crippen MR) is 96.9 cm³/mol. The smallest absolute Gasteiger partial charge is 0.332 e. The topological polar surface area (TPSA) is 54.3 Å². The predicted octanol–water partition coefficient (Wildman–Crippen LogP) is 4.68. The van der Waals surface area contributed by atoms with Crippen LogP contribution in [-0.2, 0) is 11.8 Å². The molecule has 5 nitrogen and oxygen atoms in total. The molecule has 1 N–H and O–H groups in total. The van der Waals surface area contributed by atoms with E-state index in [0.29, 0.717) is 27.8 Å². The zero-order valence-electron chi connectivity index (χ0n) is 12.7. The molecule has 0 saturated heterocycles. The molecule has 0 spiro atoms. The van der Waals surface area contributed by atoms with Gasteiger partial charge < -0.3 is 9.88 Å². The number of benzene rings is 2. The average Bonchev–Trinajstić information content (AvgIpc) is 2.93. The van der Waals surface area contributed by atoms with Crippen molar-refractivity contribution in [3.8, 4) is 0 Å². The van der Waals surface area contributed by atoms with E-state index < -0.39 is 6.03 Å². The summed E-state index contributed by atoms with van der Waals surface area (Å²) in [5.41, 5.74) is 1.83. The highest BCUT2D eigenvalue weighted by molar-refractivity contribution is 6.42. The fourth-order valence-electron chi connectivity index (χ4n) is 2.38. The third-order valence-corrected chi connectivity index (χ3v) is 4.38. The highest BCUT2D eigenvalue weighted by atomic mass is 35.5. The molecule has 0 unspecified atom stereocenters. The molecule has 0 aliphatic carbocycles. The Hall–Kier alpha value is -2.50. The lowest BCUT2D eigenvalue weighted by molar-refractivity contribution is -0.106. The van der Waals surface area contributed by atoms with Crippen LogP contribution in [0.5, 0.6) is 0 Å². The van der Waals surface area contributed by atoms with E-state index in [-0.39, 0.29) is 0 Å². The lowest BCUT2D eigenvalue weighted by Gasteiger charge is -2.17. The Morgan fingerprint density at radius 3 is 2.62 bits per heavy atom. The fourth-order valence-corrected chi connectivity index (χ4v) is 2.68. The van der Waals surface area contributed by atoms with Crippen LogP contribution in [0, 0.1) is 0 Å². The molecule has 122 valence electrons. The third-order valence-electron chi connectivity index (χ3n) is 3.64. The van der Waals surface area contributed by atoms with Crippen LogP contribution in [0.25, 0.3) is 10.9 Å². The van der Waals surface area contributed by atoms with Gasteiger partial charge in [-0.15, -0.1) is 0 Å². The van der Waals surface area contributed by atoms with Gasteiger partial charge in [0.25, 0.3) is 0 Å². The van der Waals surface area contributed by atoms with Crippen molar-refractivity contribution in [3.63, 3.8) is 0 Å². The minimum Gasteiger partial charge on any atom is -0.350 e. The number of aryl methyl sites for hydroxylation is 1. The number of rotatable bonds is 3. The number of hydrogen-bond acceptors (Lipinski definition) is 2. The first-order valence-corrected chi connectivity index (χ1v) is 7.81. The normalized spacial score (nSPS) is 10.6. The van der Waals surface area contributed by atoms with Gasteiger partial charge in [0, 0.05) is 24.4 Å². The van der Waals surface area contributed by atoms with Gasteiger partial charge in [-0.1, -0.05) is 29.3 Å². The van der Waals surface area contributed by atoms with Crippen molar-refractivity contribution in [2.45, 2.75) is 0 Å². The van der Waals surface area contributed by atoms with Gasteiger partial charge in [-0.2, -0.15) is 0 Å². The number of anilines is 2. The van der Waals surface area contributed by atoms with Crippen LogP contribution in [0.2, 0.25) is 10.0 Å².